The maximum absolute atomic E-state index is 12.0. The molecular weight excluding hydrogens is 258 g/mol. The Balaban J connectivity index is 1.89. The average molecular weight is 277 g/mol. The van der Waals surface area contributed by atoms with Crippen molar-refractivity contribution in [2.75, 3.05) is 38.0 Å². The van der Waals surface area contributed by atoms with Gasteiger partial charge >= 0.3 is 11.8 Å². The van der Waals surface area contributed by atoms with E-state index in [1.165, 1.54) is 12.1 Å². The van der Waals surface area contributed by atoms with Gasteiger partial charge in [-0.05, 0) is 30.8 Å². The zero-order valence-corrected chi connectivity index (χ0v) is 11.5. The maximum atomic E-state index is 12.0. The van der Waals surface area contributed by atoms with Crippen LogP contribution in [0, 0.1) is 0 Å². The van der Waals surface area contributed by atoms with Gasteiger partial charge in [-0.25, -0.2) is 0 Å². The molecule has 6 heteroatoms. The highest BCUT2D eigenvalue weighted by Crippen LogP contribution is 2.14. The third-order valence-electron chi connectivity index (χ3n) is 3.43. The van der Waals surface area contributed by atoms with Gasteiger partial charge in [-0.2, -0.15) is 0 Å². The number of benzene rings is 1. The monoisotopic (exact) mass is 277 g/mol. The lowest BCUT2D eigenvalue weighted by atomic mass is 10.3. The fourth-order valence-corrected chi connectivity index (χ4v) is 2.14. The third-order valence-corrected chi connectivity index (χ3v) is 3.43. The van der Waals surface area contributed by atoms with Crippen molar-refractivity contribution in [3.8, 4) is 5.75 Å². The standard InChI is InChI=1S/C14H19N3O3/c1-2-16-7-9-17(10-8-16)14(20)13(19)15-11-3-5-12(18)6-4-11/h3-6,18H,2,7-10H2,1H3,(H,15,19). The summed E-state index contributed by atoms with van der Waals surface area (Å²) >= 11 is 0. The van der Waals surface area contributed by atoms with Gasteiger partial charge in [-0.1, -0.05) is 6.92 Å². The molecule has 2 N–H and O–H groups in total. The van der Waals surface area contributed by atoms with Crippen molar-refractivity contribution in [3.63, 3.8) is 0 Å². The number of likely N-dealkylation sites (N-methyl/N-ethyl adjacent to an activating group) is 1. The Morgan fingerprint density at radius 1 is 1.15 bits per heavy atom. The molecule has 2 amide bonds. The summed E-state index contributed by atoms with van der Waals surface area (Å²) in [4.78, 5) is 27.7. The van der Waals surface area contributed by atoms with E-state index >= 15 is 0 Å². The molecule has 1 aromatic rings. The normalized spacial score (nSPS) is 15.9. The Bertz CT molecular complexity index is 479. The first kappa shape index (κ1) is 14.3. The topological polar surface area (TPSA) is 72.9 Å². The zero-order valence-electron chi connectivity index (χ0n) is 11.5. The van der Waals surface area contributed by atoms with Crippen molar-refractivity contribution in [1.29, 1.82) is 0 Å². The molecule has 0 atom stereocenters. The SMILES string of the molecule is CCN1CCN(C(=O)C(=O)Nc2ccc(O)cc2)CC1. The number of hydrogen-bond acceptors (Lipinski definition) is 4. The first-order valence-corrected chi connectivity index (χ1v) is 6.72. The Morgan fingerprint density at radius 2 is 1.75 bits per heavy atom. The molecule has 1 heterocycles. The molecule has 0 radical (unpaired) electrons. The molecule has 20 heavy (non-hydrogen) atoms. The van der Waals surface area contributed by atoms with Crippen LogP contribution in [0.15, 0.2) is 24.3 Å². The maximum Gasteiger partial charge on any atom is 0.313 e. The summed E-state index contributed by atoms with van der Waals surface area (Å²) in [5.41, 5.74) is 0.494. The first-order valence-electron chi connectivity index (χ1n) is 6.72. The average Bonchev–Trinajstić information content (AvgIpc) is 2.49. The molecule has 0 unspecified atom stereocenters. The Hall–Kier alpha value is -2.08. The molecule has 0 bridgehead atoms. The summed E-state index contributed by atoms with van der Waals surface area (Å²) in [6, 6.07) is 6.02. The molecular formula is C14H19N3O3. The summed E-state index contributed by atoms with van der Waals surface area (Å²) < 4.78 is 0. The van der Waals surface area contributed by atoms with Gasteiger partial charge in [-0.3, -0.25) is 9.59 Å². The van der Waals surface area contributed by atoms with Crippen LogP contribution in [0.5, 0.6) is 5.75 Å². The Kier molecular flexibility index (Phi) is 4.57. The molecule has 0 saturated carbocycles. The Morgan fingerprint density at radius 3 is 2.30 bits per heavy atom. The van der Waals surface area contributed by atoms with Gasteiger partial charge in [0.15, 0.2) is 0 Å². The molecule has 1 aliphatic rings. The smallest absolute Gasteiger partial charge is 0.313 e. The van der Waals surface area contributed by atoms with Crippen molar-refractivity contribution >= 4 is 17.5 Å². The van der Waals surface area contributed by atoms with Crippen LogP contribution < -0.4 is 5.32 Å². The molecule has 0 aliphatic carbocycles. The quantitative estimate of drug-likeness (QED) is 0.610. The second-order valence-corrected chi connectivity index (χ2v) is 4.73. The summed E-state index contributed by atoms with van der Waals surface area (Å²) in [7, 11) is 0. The number of rotatable bonds is 2. The van der Waals surface area contributed by atoms with Gasteiger partial charge in [0.25, 0.3) is 0 Å². The van der Waals surface area contributed by atoms with Crippen molar-refractivity contribution < 1.29 is 14.7 Å². The van der Waals surface area contributed by atoms with Gasteiger partial charge in [0.2, 0.25) is 0 Å². The van der Waals surface area contributed by atoms with Crippen LogP contribution in [0.1, 0.15) is 6.92 Å². The summed E-state index contributed by atoms with van der Waals surface area (Å²) in [5.74, 6) is -1.03. The van der Waals surface area contributed by atoms with Crippen LogP contribution in [0.25, 0.3) is 0 Å². The lowest BCUT2D eigenvalue weighted by molar-refractivity contribution is -0.144. The molecule has 1 aliphatic heterocycles. The van der Waals surface area contributed by atoms with Crippen LogP contribution in [-0.2, 0) is 9.59 Å². The van der Waals surface area contributed by atoms with Crippen molar-refractivity contribution in [1.82, 2.24) is 9.80 Å². The number of piperazine rings is 1. The van der Waals surface area contributed by atoms with Gasteiger partial charge < -0.3 is 20.2 Å². The molecule has 1 fully saturated rings. The molecule has 108 valence electrons. The van der Waals surface area contributed by atoms with Gasteiger partial charge in [0.05, 0.1) is 0 Å². The minimum atomic E-state index is -0.638. The number of hydrogen-bond donors (Lipinski definition) is 2. The number of phenols is 1. The molecule has 2 rings (SSSR count). The highest BCUT2D eigenvalue weighted by Gasteiger charge is 2.25. The summed E-state index contributed by atoms with van der Waals surface area (Å²) in [6.45, 7) is 5.80. The van der Waals surface area contributed by atoms with Crippen LogP contribution in [0.4, 0.5) is 5.69 Å². The minimum absolute atomic E-state index is 0.116. The minimum Gasteiger partial charge on any atom is -0.508 e. The number of carbonyl (C=O) groups is 2. The fraction of sp³-hybridized carbons (Fsp3) is 0.429. The fourth-order valence-electron chi connectivity index (χ4n) is 2.14. The molecule has 1 saturated heterocycles. The lowest BCUT2D eigenvalue weighted by Crippen LogP contribution is -2.51. The first-order chi connectivity index (χ1) is 9.60. The number of nitrogens with one attached hydrogen (secondary N) is 1. The number of amides is 2. The summed E-state index contributed by atoms with van der Waals surface area (Å²) in [5, 5.41) is 11.7. The lowest BCUT2D eigenvalue weighted by Gasteiger charge is -2.33. The third kappa shape index (κ3) is 3.48. The van der Waals surface area contributed by atoms with Gasteiger partial charge in [0, 0.05) is 31.9 Å². The van der Waals surface area contributed by atoms with E-state index in [0.29, 0.717) is 18.8 Å². The van der Waals surface area contributed by atoms with E-state index in [9.17, 15) is 9.59 Å². The van der Waals surface area contributed by atoms with Crippen LogP contribution in [0.3, 0.4) is 0 Å². The second-order valence-electron chi connectivity index (χ2n) is 4.73. The molecule has 0 spiro atoms. The van der Waals surface area contributed by atoms with E-state index in [0.717, 1.165) is 19.6 Å². The van der Waals surface area contributed by atoms with Gasteiger partial charge in [0.1, 0.15) is 5.75 Å². The van der Waals surface area contributed by atoms with Crippen molar-refractivity contribution in [2.24, 2.45) is 0 Å². The van der Waals surface area contributed by atoms with E-state index in [2.05, 4.69) is 17.1 Å². The molecule has 6 nitrogen and oxygen atoms in total. The zero-order chi connectivity index (χ0) is 14.5. The Labute approximate surface area is 118 Å². The van der Waals surface area contributed by atoms with Crippen molar-refractivity contribution in [2.45, 2.75) is 6.92 Å². The predicted molar refractivity (Wildman–Crippen MR) is 75.4 cm³/mol. The van der Waals surface area contributed by atoms with Crippen LogP contribution >= 0.6 is 0 Å². The molecule has 0 aromatic heterocycles. The number of anilines is 1. The van der Waals surface area contributed by atoms with Gasteiger partial charge in [-0.15, -0.1) is 0 Å². The largest absolute Gasteiger partial charge is 0.508 e. The molecule has 1 aromatic carbocycles. The highest BCUT2D eigenvalue weighted by atomic mass is 16.3. The number of carbonyl (C=O) groups excluding carboxylic acids is 2. The van der Waals surface area contributed by atoms with E-state index < -0.39 is 11.8 Å². The summed E-state index contributed by atoms with van der Waals surface area (Å²) in [6.07, 6.45) is 0. The van der Waals surface area contributed by atoms with Crippen LogP contribution in [0.2, 0.25) is 0 Å². The van der Waals surface area contributed by atoms with E-state index in [-0.39, 0.29) is 5.75 Å². The van der Waals surface area contributed by atoms with E-state index in [1.807, 2.05) is 0 Å². The number of nitrogens with zero attached hydrogens (tertiary/aromatic N) is 2. The van der Waals surface area contributed by atoms with Crippen molar-refractivity contribution in [3.05, 3.63) is 24.3 Å². The van der Waals surface area contributed by atoms with E-state index in [1.54, 1.807) is 17.0 Å². The number of aromatic hydroxyl groups is 1. The van der Waals surface area contributed by atoms with Crippen LogP contribution in [-0.4, -0.2) is 59.4 Å². The highest BCUT2D eigenvalue weighted by molar-refractivity contribution is 6.39. The van der Waals surface area contributed by atoms with E-state index in [4.69, 9.17) is 5.11 Å². The second kappa shape index (κ2) is 6.38. The predicted octanol–water partition coefficient (Wildman–Crippen LogP) is 0.495. The number of phenolic OH excluding ortho intramolecular Hbond substituents is 1.